The van der Waals surface area contributed by atoms with Gasteiger partial charge in [0.05, 0.1) is 11.0 Å². The lowest BCUT2D eigenvalue weighted by atomic mass is 9.68. The first kappa shape index (κ1) is 13.8. The van der Waals surface area contributed by atoms with Crippen molar-refractivity contribution in [1.82, 2.24) is 9.55 Å². The lowest BCUT2D eigenvalue weighted by Gasteiger charge is -2.43. The highest BCUT2D eigenvalue weighted by atomic mass is 35.5. The summed E-state index contributed by atoms with van der Waals surface area (Å²) < 4.78 is 3.19. The molecular weight excluding hydrogens is 300 g/mol. The largest absolute Gasteiger partial charge is 0.331 e. The number of benzene rings is 1. The second-order valence-electron chi connectivity index (χ2n) is 7.78. The Morgan fingerprint density at radius 2 is 2.10 bits per heavy atom. The number of rotatable bonds is 1. The minimum atomic E-state index is 0.280. The van der Waals surface area contributed by atoms with Gasteiger partial charge >= 0.3 is 0 Å². The summed E-state index contributed by atoms with van der Waals surface area (Å²) in [6.45, 7) is 7.27. The monoisotopic (exact) mass is 320 g/mol. The van der Waals surface area contributed by atoms with Crippen molar-refractivity contribution in [2.24, 2.45) is 16.7 Å². The third kappa shape index (κ3) is 1.74. The summed E-state index contributed by atoms with van der Waals surface area (Å²) in [6.07, 6.45) is 3.98. The van der Waals surface area contributed by atoms with Gasteiger partial charge in [0, 0.05) is 11.1 Å². The number of aromatic amines is 1. The summed E-state index contributed by atoms with van der Waals surface area (Å²) in [6, 6.07) is 6.46. The Kier molecular flexibility index (Phi) is 2.73. The molecule has 1 heterocycles. The second kappa shape index (κ2) is 4.14. The first-order valence-electron chi connectivity index (χ1n) is 7.73. The Bertz CT molecular complexity index is 783. The van der Waals surface area contributed by atoms with E-state index in [0.29, 0.717) is 11.5 Å². The normalized spacial score (nSPS) is 33.9. The number of nitrogens with zero attached hydrogens (tertiary/aromatic N) is 1. The van der Waals surface area contributed by atoms with Crippen LogP contribution in [0.3, 0.4) is 0 Å². The van der Waals surface area contributed by atoms with E-state index in [2.05, 4.69) is 36.4 Å². The van der Waals surface area contributed by atoms with Crippen molar-refractivity contribution >= 4 is 34.9 Å². The van der Waals surface area contributed by atoms with Gasteiger partial charge in [0.2, 0.25) is 0 Å². The van der Waals surface area contributed by atoms with E-state index in [1.54, 1.807) is 0 Å². The molecule has 2 fully saturated rings. The van der Waals surface area contributed by atoms with Crippen LogP contribution in [-0.4, -0.2) is 9.55 Å². The molecule has 0 radical (unpaired) electrons. The number of fused-ring (bicyclic) bond motifs is 3. The van der Waals surface area contributed by atoms with E-state index in [1.165, 1.54) is 19.3 Å². The molecule has 0 amide bonds. The van der Waals surface area contributed by atoms with Crippen molar-refractivity contribution in [3.8, 4) is 0 Å². The number of nitrogens with one attached hydrogen (secondary N) is 1. The summed E-state index contributed by atoms with van der Waals surface area (Å²) in [5.41, 5.74) is 2.87. The van der Waals surface area contributed by atoms with E-state index in [1.807, 2.05) is 12.1 Å². The first-order valence-corrected chi connectivity index (χ1v) is 8.51. The van der Waals surface area contributed by atoms with Gasteiger partial charge in [0.1, 0.15) is 0 Å². The van der Waals surface area contributed by atoms with Crippen molar-refractivity contribution in [3.05, 3.63) is 28.0 Å². The van der Waals surface area contributed by atoms with Gasteiger partial charge in [-0.05, 0) is 66.4 Å². The van der Waals surface area contributed by atoms with Crippen molar-refractivity contribution < 1.29 is 0 Å². The van der Waals surface area contributed by atoms with Crippen LogP contribution in [0.1, 0.15) is 46.1 Å². The van der Waals surface area contributed by atoms with Gasteiger partial charge in [-0.25, -0.2) is 0 Å². The van der Waals surface area contributed by atoms with E-state index in [9.17, 15) is 0 Å². The van der Waals surface area contributed by atoms with Crippen LogP contribution in [0.5, 0.6) is 0 Å². The Morgan fingerprint density at radius 3 is 2.76 bits per heavy atom. The van der Waals surface area contributed by atoms with Crippen LogP contribution in [0.25, 0.3) is 11.0 Å². The maximum absolute atomic E-state index is 6.23. The lowest BCUT2D eigenvalue weighted by Crippen LogP contribution is -2.37. The molecule has 2 aliphatic carbocycles. The van der Waals surface area contributed by atoms with Gasteiger partial charge in [-0.15, -0.1) is 0 Å². The average molecular weight is 321 g/mol. The molecule has 2 aliphatic rings. The maximum atomic E-state index is 6.23. The standard InChI is InChI=1S/C17H21ClN2S/c1-16(2)10-6-7-17(3,9-10)14(16)20-13-8-11(18)4-5-12(13)19-15(20)21/h4-5,8,10,14H,6-7,9H2,1-3H3,(H,19,21). The Hall–Kier alpha value is -0.800. The molecule has 1 N–H and O–H groups in total. The van der Waals surface area contributed by atoms with Crippen LogP contribution in [0.4, 0.5) is 0 Å². The molecular formula is C17H21ClN2S. The third-order valence-corrected chi connectivity index (χ3v) is 6.67. The molecule has 2 bridgehead atoms. The predicted octanol–water partition coefficient (Wildman–Crippen LogP) is 5.74. The average Bonchev–Trinajstić information content (AvgIpc) is 2.98. The molecule has 112 valence electrons. The minimum absolute atomic E-state index is 0.280. The zero-order chi connectivity index (χ0) is 15.0. The molecule has 2 nitrogen and oxygen atoms in total. The zero-order valence-electron chi connectivity index (χ0n) is 12.7. The Balaban J connectivity index is 2.00. The quantitative estimate of drug-likeness (QED) is 0.664. The molecule has 2 saturated carbocycles. The number of H-pyrrole nitrogens is 1. The second-order valence-corrected chi connectivity index (χ2v) is 8.60. The van der Waals surface area contributed by atoms with Gasteiger partial charge in [-0.2, -0.15) is 0 Å². The number of aromatic nitrogens is 2. The highest BCUT2D eigenvalue weighted by Crippen LogP contribution is 2.68. The van der Waals surface area contributed by atoms with E-state index in [4.69, 9.17) is 23.8 Å². The predicted molar refractivity (Wildman–Crippen MR) is 90.4 cm³/mol. The summed E-state index contributed by atoms with van der Waals surface area (Å²) >= 11 is 11.9. The van der Waals surface area contributed by atoms with Crippen LogP contribution in [0.2, 0.25) is 5.02 Å². The first-order chi connectivity index (χ1) is 9.83. The zero-order valence-corrected chi connectivity index (χ0v) is 14.3. The Morgan fingerprint density at radius 1 is 1.33 bits per heavy atom. The fourth-order valence-electron chi connectivity index (χ4n) is 5.27. The molecule has 1 aromatic carbocycles. The molecule has 4 heteroatoms. The fraction of sp³-hybridized carbons (Fsp3) is 0.588. The third-order valence-electron chi connectivity index (χ3n) is 6.13. The molecule has 4 rings (SSSR count). The topological polar surface area (TPSA) is 20.7 Å². The highest BCUT2D eigenvalue weighted by Gasteiger charge is 2.60. The SMILES string of the molecule is CC12CCC(C1)C(C)(C)C2n1c(=S)[nH]c2ccc(Cl)cc21. The van der Waals surface area contributed by atoms with E-state index in [0.717, 1.165) is 26.7 Å². The molecule has 0 spiro atoms. The minimum Gasteiger partial charge on any atom is -0.331 e. The van der Waals surface area contributed by atoms with Gasteiger partial charge in [0.25, 0.3) is 0 Å². The van der Waals surface area contributed by atoms with Gasteiger partial charge < -0.3 is 9.55 Å². The van der Waals surface area contributed by atoms with E-state index in [-0.39, 0.29) is 5.41 Å². The highest BCUT2D eigenvalue weighted by molar-refractivity contribution is 7.71. The molecule has 1 aromatic heterocycles. The smallest absolute Gasteiger partial charge is 0.178 e. The lowest BCUT2D eigenvalue weighted by molar-refractivity contribution is 0.0855. The van der Waals surface area contributed by atoms with Crippen molar-refractivity contribution in [2.45, 2.75) is 46.1 Å². The molecule has 21 heavy (non-hydrogen) atoms. The van der Waals surface area contributed by atoms with Crippen molar-refractivity contribution in [1.29, 1.82) is 0 Å². The summed E-state index contributed by atoms with van der Waals surface area (Å²) in [4.78, 5) is 3.36. The van der Waals surface area contributed by atoms with Crippen LogP contribution in [0.15, 0.2) is 18.2 Å². The van der Waals surface area contributed by atoms with Crippen molar-refractivity contribution in [2.75, 3.05) is 0 Å². The Labute approximate surface area is 135 Å². The van der Waals surface area contributed by atoms with Crippen LogP contribution < -0.4 is 0 Å². The maximum Gasteiger partial charge on any atom is 0.178 e. The number of hydrogen-bond donors (Lipinski definition) is 1. The van der Waals surface area contributed by atoms with Crippen molar-refractivity contribution in [3.63, 3.8) is 0 Å². The summed E-state index contributed by atoms with van der Waals surface area (Å²) in [5.74, 6) is 0.804. The van der Waals surface area contributed by atoms with Crippen LogP contribution in [-0.2, 0) is 0 Å². The van der Waals surface area contributed by atoms with E-state index >= 15 is 0 Å². The molecule has 3 unspecified atom stereocenters. The van der Waals surface area contributed by atoms with Gasteiger partial charge in [-0.1, -0.05) is 32.4 Å². The molecule has 0 saturated heterocycles. The number of hydrogen-bond acceptors (Lipinski definition) is 1. The van der Waals surface area contributed by atoms with Gasteiger partial charge in [-0.3, -0.25) is 0 Å². The van der Waals surface area contributed by atoms with Gasteiger partial charge in [0.15, 0.2) is 4.77 Å². The molecule has 2 aromatic rings. The molecule has 3 atom stereocenters. The van der Waals surface area contributed by atoms with Crippen LogP contribution >= 0.6 is 23.8 Å². The van der Waals surface area contributed by atoms with Crippen LogP contribution in [0, 0.1) is 21.5 Å². The summed E-state index contributed by atoms with van der Waals surface area (Å²) in [7, 11) is 0. The number of halogens is 1. The molecule has 0 aliphatic heterocycles. The van der Waals surface area contributed by atoms with E-state index < -0.39 is 0 Å². The summed E-state index contributed by atoms with van der Waals surface area (Å²) in [5, 5.41) is 0.774. The number of imidazole rings is 1. The fourth-order valence-corrected chi connectivity index (χ4v) is 5.75.